The summed E-state index contributed by atoms with van der Waals surface area (Å²) in [6.45, 7) is 6.50. The number of benzene rings is 3. The number of nitrogens with zero attached hydrogens (tertiary/aromatic N) is 2. The Hall–Kier alpha value is -4.20. The Morgan fingerprint density at radius 3 is 2.44 bits per heavy atom. The van der Waals surface area contributed by atoms with E-state index in [0.717, 1.165) is 39.9 Å². The maximum Gasteiger partial charge on any atom is 0.257 e. The fraction of sp³-hybridized carbons (Fsp3) is 0.290. The first-order chi connectivity index (χ1) is 18.8. The molecule has 6 nitrogen and oxygen atoms in total. The van der Waals surface area contributed by atoms with E-state index in [9.17, 15) is 18.4 Å². The molecule has 0 unspecified atom stereocenters. The molecule has 0 aliphatic heterocycles. The molecule has 0 aliphatic rings. The Morgan fingerprint density at radius 2 is 1.74 bits per heavy atom. The molecule has 4 rings (SSSR count). The first-order valence-corrected chi connectivity index (χ1v) is 13.1. The lowest BCUT2D eigenvalue weighted by atomic mass is 10.1. The van der Waals surface area contributed by atoms with E-state index in [4.69, 9.17) is 4.74 Å². The maximum absolute atomic E-state index is 14.4. The fourth-order valence-corrected chi connectivity index (χ4v) is 4.52. The van der Waals surface area contributed by atoms with Crippen LogP contribution in [0.2, 0.25) is 0 Å². The van der Waals surface area contributed by atoms with Gasteiger partial charge in [-0.05, 0) is 68.7 Å². The summed E-state index contributed by atoms with van der Waals surface area (Å²) in [7, 11) is 0. The molecule has 1 aromatic heterocycles. The summed E-state index contributed by atoms with van der Waals surface area (Å²) in [5.41, 5.74) is 2.75. The third-order valence-corrected chi connectivity index (χ3v) is 6.64. The van der Waals surface area contributed by atoms with Gasteiger partial charge in [0.05, 0.1) is 12.2 Å². The van der Waals surface area contributed by atoms with Gasteiger partial charge in [0.15, 0.2) is 0 Å². The summed E-state index contributed by atoms with van der Waals surface area (Å²) in [6.07, 6.45) is 2.56. The summed E-state index contributed by atoms with van der Waals surface area (Å²) in [6, 6.07) is 18.0. The van der Waals surface area contributed by atoms with Crippen molar-refractivity contribution in [2.75, 3.05) is 19.7 Å². The molecule has 0 saturated carbocycles. The van der Waals surface area contributed by atoms with Crippen molar-refractivity contribution in [2.24, 2.45) is 0 Å². The van der Waals surface area contributed by atoms with E-state index in [0.29, 0.717) is 32.2 Å². The van der Waals surface area contributed by atoms with Crippen molar-refractivity contribution in [1.82, 2.24) is 14.8 Å². The van der Waals surface area contributed by atoms with Crippen LogP contribution in [-0.4, -0.2) is 52.3 Å². The molecule has 2 amide bonds. The molecule has 39 heavy (non-hydrogen) atoms. The number of amides is 2. The van der Waals surface area contributed by atoms with Gasteiger partial charge in [-0.25, -0.2) is 8.78 Å². The maximum atomic E-state index is 14.4. The first kappa shape index (κ1) is 27.8. The highest BCUT2D eigenvalue weighted by molar-refractivity contribution is 5.97. The Bertz CT molecular complexity index is 1430. The average molecular weight is 534 g/mol. The first-order valence-electron chi connectivity index (χ1n) is 13.1. The van der Waals surface area contributed by atoms with Gasteiger partial charge >= 0.3 is 0 Å². The highest BCUT2D eigenvalue weighted by Gasteiger charge is 2.26. The number of ether oxygens (including phenoxy) is 1. The average Bonchev–Trinajstić information content (AvgIpc) is 3.33. The van der Waals surface area contributed by atoms with Gasteiger partial charge in [-0.1, -0.05) is 30.3 Å². The van der Waals surface area contributed by atoms with Crippen LogP contribution >= 0.6 is 0 Å². The summed E-state index contributed by atoms with van der Waals surface area (Å²) in [5.74, 6) is -1.91. The van der Waals surface area contributed by atoms with Crippen molar-refractivity contribution in [3.05, 3.63) is 101 Å². The zero-order chi connectivity index (χ0) is 27.9. The SMILES string of the molecule is CCOc1ccc(CN(CCc2c[nH]c3ccccc23)C(=O)CN(C(=O)c2ccc(F)cc2F)C(C)C)cc1. The molecule has 204 valence electrons. The van der Waals surface area contributed by atoms with E-state index in [-0.39, 0.29) is 24.1 Å². The minimum atomic E-state index is -0.955. The number of nitrogens with one attached hydrogen (secondary N) is 1. The van der Waals surface area contributed by atoms with Gasteiger partial charge in [0.25, 0.3) is 5.91 Å². The van der Waals surface area contributed by atoms with Crippen molar-refractivity contribution < 1.29 is 23.1 Å². The number of hydrogen-bond acceptors (Lipinski definition) is 3. The minimum absolute atomic E-state index is 0.238. The third kappa shape index (κ3) is 6.82. The zero-order valence-corrected chi connectivity index (χ0v) is 22.4. The highest BCUT2D eigenvalue weighted by atomic mass is 19.1. The largest absolute Gasteiger partial charge is 0.494 e. The Balaban J connectivity index is 1.56. The standard InChI is InChI=1S/C31H33F2N3O3/c1-4-39-25-12-9-22(10-13-25)19-35(16-15-23-18-34-29-8-6-5-7-26(23)29)30(37)20-36(21(2)3)31(38)27-14-11-24(32)17-28(27)33/h5-14,17-18,21,34H,4,15-16,19-20H2,1-3H3. The van der Waals surface area contributed by atoms with Gasteiger partial charge in [-0.15, -0.1) is 0 Å². The van der Waals surface area contributed by atoms with Crippen LogP contribution in [0.25, 0.3) is 10.9 Å². The van der Waals surface area contributed by atoms with Crippen LogP contribution in [0.3, 0.4) is 0 Å². The van der Waals surface area contributed by atoms with Gasteiger partial charge in [0, 0.05) is 42.3 Å². The molecule has 0 aliphatic carbocycles. The van der Waals surface area contributed by atoms with Crippen molar-refractivity contribution >= 4 is 22.7 Å². The molecule has 0 spiro atoms. The van der Waals surface area contributed by atoms with E-state index >= 15 is 0 Å². The van der Waals surface area contributed by atoms with Crippen molar-refractivity contribution in [1.29, 1.82) is 0 Å². The van der Waals surface area contributed by atoms with Gasteiger partial charge in [-0.3, -0.25) is 9.59 Å². The van der Waals surface area contributed by atoms with Crippen LogP contribution in [0, 0.1) is 11.6 Å². The van der Waals surface area contributed by atoms with Gasteiger partial charge in [-0.2, -0.15) is 0 Å². The monoisotopic (exact) mass is 533 g/mol. The number of hydrogen-bond donors (Lipinski definition) is 1. The molecule has 3 aromatic carbocycles. The van der Waals surface area contributed by atoms with E-state index in [1.807, 2.05) is 61.7 Å². The smallest absolute Gasteiger partial charge is 0.257 e. The Kier molecular flexibility index (Phi) is 8.96. The number of halogens is 2. The Morgan fingerprint density at radius 1 is 1.00 bits per heavy atom. The van der Waals surface area contributed by atoms with Gasteiger partial charge < -0.3 is 19.5 Å². The van der Waals surface area contributed by atoms with E-state index in [1.54, 1.807) is 18.7 Å². The van der Waals surface area contributed by atoms with E-state index < -0.39 is 17.5 Å². The molecule has 4 aromatic rings. The quantitative estimate of drug-likeness (QED) is 0.259. The van der Waals surface area contributed by atoms with Crippen molar-refractivity contribution in [2.45, 2.75) is 39.8 Å². The van der Waals surface area contributed by atoms with Crippen LogP contribution < -0.4 is 4.74 Å². The second-order valence-electron chi connectivity index (χ2n) is 9.65. The van der Waals surface area contributed by atoms with Gasteiger partial charge in [0.1, 0.15) is 23.9 Å². The van der Waals surface area contributed by atoms with Crippen LogP contribution in [-0.2, 0) is 17.8 Å². The number of rotatable bonds is 11. The topological polar surface area (TPSA) is 65.6 Å². The molecule has 1 heterocycles. The van der Waals surface area contributed by atoms with Crippen LogP contribution in [0.5, 0.6) is 5.75 Å². The lowest BCUT2D eigenvalue weighted by molar-refractivity contribution is -0.132. The number of aromatic amines is 1. The molecular weight excluding hydrogens is 500 g/mol. The van der Waals surface area contributed by atoms with Crippen LogP contribution in [0.4, 0.5) is 8.78 Å². The molecule has 0 atom stereocenters. The fourth-order valence-electron chi connectivity index (χ4n) is 4.52. The lowest BCUT2D eigenvalue weighted by Gasteiger charge is -2.30. The second kappa shape index (κ2) is 12.6. The van der Waals surface area contributed by atoms with Crippen LogP contribution in [0.1, 0.15) is 42.3 Å². The normalized spacial score (nSPS) is 11.1. The molecular formula is C31H33F2N3O3. The number of aromatic nitrogens is 1. The number of fused-ring (bicyclic) bond motifs is 1. The molecule has 1 N–H and O–H groups in total. The summed E-state index contributed by atoms with van der Waals surface area (Å²) in [5, 5.41) is 1.09. The summed E-state index contributed by atoms with van der Waals surface area (Å²) >= 11 is 0. The van der Waals surface area contributed by atoms with Crippen molar-refractivity contribution in [3.63, 3.8) is 0 Å². The highest BCUT2D eigenvalue weighted by Crippen LogP contribution is 2.20. The lowest BCUT2D eigenvalue weighted by Crippen LogP contribution is -2.46. The zero-order valence-electron chi connectivity index (χ0n) is 22.4. The molecule has 0 bridgehead atoms. The van der Waals surface area contributed by atoms with Crippen LogP contribution in [0.15, 0.2) is 72.9 Å². The predicted octanol–water partition coefficient (Wildman–Crippen LogP) is 5.97. The number of carbonyl (C=O) groups is 2. The number of H-pyrrole nitrogens is 1. The minimum Gasteiger partial charge on any atom is -0.494 e. The van der Waals surface area contributed by atoms with E-state index in [1.165, 1.54) is 4.90 Å². The second-order valence-corrected chi connectivity index (χ2v) is 9.65. The predicted molar refractivity (Wildman–Crippen MR) is 148 cm³/mol. The number of para-hydroxylation sites is 1. The third-order valence-electron chi connectivity index (χ3n) is 6.64. The molecule has 8 heteroatoms. The molecule has 0 radical (unpaired) electrons. The van der Waals surface area contributed by atoms with Gasteiger partial charge in [0.2, 0.25) is 5.91 Å². The van der Waals surface area contributed by atoms with E-state index in [2.05, 4.69) is 4.98 Å². The summed E-state index contributed by atoms with van der Waals surface area (Å²) < 4.78 is 33.4. The Labute approximate surface area is 227 Å². The van der Waals surface area contributed by atoms with Crippen molar-refractivity contribution in [3.8, 4) is 5.75 Å². The number of carbonyl (C=O) groups excluding carboxylic acids is 2. The molecule has 0 fully saturated rings. The summed E-state index contributed by atoms with van der Waals surface area (Å²) in [4.78, 5) is 33.2. The molecule has 0 saturated heterocycles.